The number of hydrogen-bond acceptors (Lipinski definition) is 3. The minimum atomic E-state index is -0.469. The minimum absolute atomic E-state index is 0.0950. The summed E-state index contributed by atoms with van der Waals surface area (Å²) in [6.45, 7) is 4.10. The molecule has 0 radical (unpaired) electrons. The molecule has 100 valence electrons. The number of benzene rings is 1. The zero-order valence-electron chi connectivity index (χ0n) is 11.0. The van der Waals surface area contributed by atoms with E-state index in [4.69, 9.17) is 11.6 Å². The average molecular weight is 280 g/mol. The van der Waals surface area contributed by atoms with Gasteiger partial charge in [-0.25, -0.2) is 14.4 Å². The number of halogens is 2. The quantitative estimate of drug-likeness (QED) is 0.919. The summed E-state index contributed by atoms with van der Waals surface area (Å²) in [6, 6.07) is 6.46. The fourth-order valence-electron chi connectivity index (χ4n) is 1.65. The second-order valence-corrected chi connectivity index (χ2v) is 4.94. The molecule has 0 saturated carbocycles. The van der Waals surface area contributed by atoms with Gasteiger partial charge in [-0.3, -0.25) is 0 Å². The Morgan fingerprint density at radius 2 is 1.95 bits per heavy atom. The summed E-state index contributed by atoms with van der Waals surface area (Å²) in [5.74, 6) is 1.00. The number of nitrogens with one attached hydrogen (secondary N) is 1. The first-order valence-electron chi connectivity index (χ1n) is 6.03. The monoisotopic (exact) mass is 279 g/mol. The highest BCUT2D eigenvalue weighted by atomic mass is 35.5. The fourth-order valence-corrected chi connectivity index (χ4v) is 1.77. The Labute approximate surface area is 116 Å². The number of rotatable bonds is 3. The Bertz CT molecular complexity index is 599. The smallest absolute Gasteiger partial charge is 0.161 e. The van der Waals surface area contributed by atoms with Crippen LogP contribution in [0.2, 0.25) is 5.02 Å². The van der Waals surface area contributed by atoms with Crippen molar-refractivity contribution in [2.45, 2.75) is 19.8 Å². The lowest BCUT2D eigenvalue weighted by atomic mass is 10.1. The van der Waals surface area contributed by atoms with Crippen LogP contribution in [0.15, 0.2) is 24.3 Å². The highest BCUT2D eigenvalue weighted by Crippen LogP contribution is 2.24. The molecule has 0 aliphatic rings. The molecule has 1 N–H and O–H groups in total. The Kier molecular flexibility index (Phi) is 4.00. The molecule has 1 aromatic carbocycles. The van der Waals surface area contributed by atoms with E-state index in [1.54, 1.807) is 13.1 Å². The number of hydrogen-bond donors (Lipinski definition) is 1. The predicted molar refractivity (Wildman–Crippen MR) is 76.1 cm³/mol. The molecular weight excluding hydrogens is 265 g/mol. The van der Waals surface area contributed by atoms with Crippen molar-refractivity contribution in [1.82, 2.24) is 9.97 Å². The molecule has 1 aromatic heterocycles. The van der Waals surface area contributed by atoms with Gasteiger partial charge in [0.2, 0.25) is 0 Å². The summed E-state index contributed by atoms with van der Waals surface area (Å²) < 4.78 is 13.5. The Morgan fingerprint density at radius 3 is 2.53 bits per heavy atom. The van der Waals surface area contributed by atoms with E-state index in [1.807, 2.05) is 19.9 Å². The third kappa shape index (κ3) is 3.01. The highest BCUT2D eigenvalue weighted by Gasteiger charge is 2.10. The lowest BCUT2D eigenvalue weighted by Gasteiger charge is -2.10. The molecule has 0 bridgehead atoms. The maximum absolute atomic E-state index is 13.5. The van der Waals surface area contributed by atoms with Crippen LogP contribution in [0.1, 0.15) is 25.5 Å². The van der Waals surface area contributed by atoms with Gasteiger partial charge in [0.1, 0.15) is 11.6 Å². The second kappa shape index (κ2) is 5.53. The van der Waals surface area contributed by atoms with Gasteiger partial charge in [-0.15, -0.1) is 0 Å². The molecule has 19 heavy (non-hydrogen) atoms. The molecule has 0 spiro atoms. The number of aromatic nitrogens is 2. The van der Waals surface area contributed by atoms with Crippen LogP contribution in [0.25, 0.3) is 11.4 Å². The van der Waals surface area contributed by atoms with Crippen LogP contribution in [0.4, 0.5) is 10.2 Å². The number of nitrogens with zero attached hydrogens (tertiary/aromatic N) is 2. The van der Waals surface area contributed by atoms with Crippen LogP contribution in [0.5, 0.6) is 0 Å². The van der Waals surface area contributed by atoms with Gasteiger partial charge in [0, 0.05) is 24.4 Å². The normalized spacial score (nSPS) is 10.8. The zero-order chi connectivity index (χ0) is 14.0. The summed E-state index contributed by atoms with van der Waals surface area (Å²) in [6.07, 6.45) is 0. The van der Waals surface area contributed by atoms with Crippen molar-refractivity contribution in [2.24, 2.45) is 0 Å². The zero-order valence-corrected chi connectivity index (χ0v) is 11.8. The largest absolute Gasteiger partial charge is 0.373 e. The molecule has 0 aliphatic heterocycles. The minimum Gasteiger partial charge on any atom is -0.373 e. The van der Waals surface area contributed by atoms with Crippen molar-refractivity contribution in [3.63, 3.8) is 0 Å². The van der Waals surface area contributed by atoms with Gasteiger partial charge in [0.15, 0.2) is 5.82 Å². The first kappa shape index (κ1) is 13.7. The molecule has 0 saturated heterocycles. The second-order valence-electron chi connectivity index (χ2n) is 4.54. The first-order chi connectivity index (χ1) is 9.01. The van der Waals surface area contributed by atoms with Gasteiger partial charge < -0.3 is 5.32 Å². The third-order valence-electron chi connectivity index (χ3n) is 2.77. The standard InChI is InChI=1S/C14H15ClFN3/c1-8(2)12-7-13(17-3)19-14(18-12)9-4-5-10(15)11(16)6-9/h4-8H,1-3H3,(H,17,18,19). The molecule has 1 heterocycles. The van der Waals surface area contributed by atoms with Crippen molar-refractivity contribution in [1.29, 1.82) is 0 Å². The van der Waals surface area contributed by atoms with E-state index in [2.05, 4.69) is 15.3 Å². The Hall–Kier alpha value is -1.68. The van der Waals surface area contributed by atoms with Crippen LogP contribution in [-0.4, -0.2) is 17.0 Å². The summed E-state index contributed by atoms with van der Waals surface area (Å²) in [5.41, 5.74) is 1.52. The Morgan fingerprint density at radius 1 is 1.21 bits per heavy atom. The van der Waals surface area contributed by atoms with Crippen LogP contribution >= 0.6 is 11.6 Å². The maximum Gasteiger partial charge on any atom is 0.161 e. The fraction of sp³-hybridized carbons (Fsp3) is 0.286. The summed E-state index contributed by atoms with van der Waals surface area (Å²) in [5, 5.41) is 3.08. The predicted octanol–water partition coefficient (Wildman–Crippen LogP) is 4.10. The molecule has 0 amide bonds. The van der Waals surface area contributed by atoms with Crippen LogP contribution < -0.4 is 5.32 Å². The van der Waals surface area contributed by atoms with Gasteiger partial charge in [-0.05, 0) is 24.1 Å². The lowest BCUT2D eigenvalue weighted by Crippen LogP contribution is -2.02. The van der Waals surface area contributed by atoms with E-state index < -0.39 is 5.82 Å². The van der Waals surface area contributed by atoms with Crippen LogP contribution in [0, 0.1) is 5.82 Å². The first-order valence-corrected chi connectivity index (χ1v) is 6.41. The van der Waals surface area contributed by atoms with Gasteiger partial charge in [0.05, 0.1) is 5.02 Å². The molecule has 2 aromatic rings. The molecule has 3 nitrogen and oxygen atoms in total. The highest BCUT2D eigenvalue weighted by molar-refractivity contribution is 6.30. The van der Waals surface area contributed by atoms with E-state index in [9.17, 15) is 4.39 Å². The van der Waals surface area contributed by atoms with Crippen molar-refractivity contribution >= 4 is 17.4 Å². The van der Waals surface area contributed by atoms with Crippen molar-refractivity contribution < 1.29 is 4.39 Å². The Balaban J connectivity index is 2.54. The topological polar surface area (TPSA) is 37.8 Å². The lowest BCUT2D eigenvalue weighted by molar-refractivity contribution is 0.628. The average Bonchev–Trinajstić information content (AvgIpc) is 2.41. The van der Waals surface area contributed by atoms with Crippen molar-refractivity contribution in [3.8, 4) is 11.4 Å². The van der Waals surface area contributed by atoms with Crippen molar-refractivity contribution in [3.05, 3.63) is 40.8 Å². The van der Waals surface area contributed by atoms with Gasteiger partial charge in [-0.2, -0.15) is 0 Å². The summed E-state index contributed by atoms with van der Waals surface area (Å²) >= 11 is 5.68. The molecule has 0 aliphatic carbocycles. The van der Waals surface area contributed by atoms with E-state index in [0.717, 1.165) is 5.69 Å². The SMILES string of the molecule is CNc1cc(C(C)C)nc(-c2ccc(Cl)c(F)c2)n1. The van der Waals surface area contributed by atoms with Crippen LogP contribution in [0.3, 0.4) is 0 Å². The summed E-state index contributed by atoms with van der Waals surface area (Å²) in [4.78, 5) is 8.80. The van der Waals surface area contributed by atoms with Crippen molar-refractivity contribution in [2.75, 3.05) is 12.4 Å². The van der Waals surface area contributed by atoms with E-state index >= 15 is 0 Å². The van der Waals surface area contributed by atoms with Gasteiger partial charge in [0.25, 0.3) is 0 Å². The van der Waals surface area contributed by atoms with Gasteiger partial charge >= 0.3 is 0 Å². The molecule has 2 rings (SSSR count). The molecular formula is C14H15ClFN3. The molecule has 5 heteroatoms. The van der Waals surface area contributed by atoms with E-state index in [0.29, 0.717) is 17.2 Å². The molecule has 0 unspecified atom stereocenters. The van der Waals surface area contributed by atoms with Crippen LogP contribution in [-0.2, 0) is 0 Å². The third-order valence-corrected chi connectivity index (χ3v) is 3.08. The maximum atomic E-state index is 13.5. The van der Waals surface area contributed by atoms with E-state index in [-0.39, 0.29) is 10.9 Å². The van der Waals surface area contributed by atoms with Gasteiger partial charge in [-0.1, -0.05) is 25.4 Å². The molecule has 0 atom stereocenters. The number of anilines is 1. The molecule has 0 fully saturated rings. The van der Waals surface area contributed by atoms with E-state index in [1.165, 1.54) is 12.1 Å². The summed E-state index contributed by atoms with van der Waals surface area (Å²) in [7, 11) is 1.79.